The van der Waals surface area contributed by atoms with Gasteiger partial charge in [0.25, 0.3) is 5.91 Å². The van der Waals surface area contributed by atoms with Gasteiger partial charge >= 0.3 is 0 Å². The number of anilines is 1. The molecule has 6 heteroatoms. The molecule has 0 bridgehead atoms. The maximum absolute atomic E-state index is 12.3. The molecule has 0 atom stereocenters. The third-order valence-corrected chi connectivity index (χ3v) is 4.05. The zero-order chi connectivity index (χ0) is 18.5. The van der Waals surface area contributed by atoms with Gasteiger partial charge in [-0.2, -0.15) is 0 Å². The Labute approximate surface area is 153 Å². The molecule has 2 heterocycles. The van der Waals surface area contributed by atoms with Crippen LogP contribution in [-0.2, 0) is 0 Å². The van der Waals surface area contributed by atoms with Crippen molar-refractivity contribution in [2.24, 2.45) is 0 Å². The van der Waals surface area contributed by atoms with Gasteiger partial charge in [0.05, 0.1) is 0 Å². The van der Waals surface area contributed by atoms with Crippen molar-refractivity contribution in [3.63, 3.8) is 0 Å². The van der Waals surface area contributed by atoms with Crippen LogP contribution in [0, 0.1) is 20.8 Å². The lowest BCUT2D eigenvalue weighted by Crippen LogP contribution is -2.29. The fourth-order valence-electron chi connectivity index (χ4n) is 2.70. The molecule has 0 aliphatic heterocycles. The Bertz CT molecular complexity index is 903. The summed E-state index contributed by atoms with van der Waals surface area (Å²) in [6.07, 6.45) is 3.88. The molecule has 6 nitrogen and oxygen atoms in total. The summed E-state index contributed by atoms with van der Waals surface area (Å²) >= 11 is 0. The first-order valence-electron chi connectivity index (χ1n) is 8.61. The molecule has 0 unspecified atom stereocenters. The Morgan fingerprint density at radius 3 is 2.58 bits per heavy atom. The largest absolute Gasteiger partial charge is 0.368 e. The topological polar surface area (TPSA) is 71.8 Å². The smallest absolute Gasteiger partial charge is 0.251 e. The number of aromatic nitrogens is 3. The van der Waals surface area contributed by atoms with Gasteiger partial charge in [0.15, 0.2) is 0 Å². The Hall–Kier alpha value is -3.15. The second-order valence-corrected chi connectivity index (χ2v) is 6.25. The Morgan fingerprint density at radius 2 is 1.81 bits per heavy atom. The molecule has 0 aliphatic rings. The Balaban J connectivity index is 1.57. The molecule has 2 N–H and O–H groups in total. The van der Waals surface area contributed by atoms with Gasteiger partial charge in [-0.1, -0.05) is 17.7 Å². The van der Waals surface area contributed by atoms with Crippen molar-refractivity contribution >= 4 is 11.7 Å². The van der Waals surface area contributed by atoms with Crippen LogP contribution in [0.1, 0.15) is 27.3 Å². The molecule has 0 fully saturated rings. The monoisotopic (exact) mass is 349 g/mol. The lowest BCUT2D eigenvalue weighted by molar-refractivity contribution is 0.0954. The van der Waals surface area contributed by atoms with E-state index in [1.165, 1.54) is 0 Å². The zero-order valence-electron chi connectivity index (χ0n) is 15.3. The third-order valence-electron chi connectivity index (χ3n) is 4.05. The first kappa shape index (κ1) is 17.7. The maximum Gasteiger partial charge on any atom is 0.251 e. The highest BCUT2D eigenvalue weighted by atomic mass is 16.1. The Kier molecular flexibility index (Phi) is 5.31. The van der Waals surface area contributed by atoms with E-state index < -0.39 is 0 Å². The fraction of sp³-hybridized carbons (Fsp3) is 0.250. The molecule has 1 aromatic carbocycles. The number of carbonyl (C=O) groups is 1. The number of nitrogens with zero attached hydrogens (tertiary/aromatic N) is 3. The minimum atomic E-state index is -0.0556. The molecular weight excluding hydrogens is 326 g/mol. The van der Waals surface area contributed by atoms with Crippen molar-refractivity contribution in [2.75, 3.05) is 18.4 Å². The fourth-order valence-corrected chi connectivity index (χ4v) is 2.70. The molecule has 0 spiro atoms. The molecule has 1 amide bonds. The van der Waals surface area contributed by atoms with Crippen LogP contribution in [0.5, 0.6) is 0 Å². The third kappa shape index (κ3) is 4.27. The number of amides is 1. The molecular formula is C20H23N5O. The average molecular weight is 349 g/mol. The molecule has 26 heavy (non-hydrogen) atoms. The van der Waals surface area contributed by atoms with E-state index in [9.17, 15) is 4.79 Å². The molecule has 0 saturated heterocycles. The van der Waals surface area contributed by atoms with Crippen molar-refractivity contribution in [1.29, 1.82) is 0 Å². The van der Waals surface area contributed by atoms with Gasteiger partial charge < -0.3 is 15.2 Å². The van der Waals surface area contributed by atoms with E-state index in [1.54, 1.807) is 0 Å². The van der Waals surface area contributed by atoms with Crippen molar-refractivity contribution < 1.29 is 4.79 Å². The van der Waals surface area contributed by atoms with E-state index in [4.69, 9.17) is 0 Å². The van der Waals surface area contributed by atoms with E-state index in [2.05, 4.69) is 20.6 Å². The van der Waals surface area contributed by atoms with Crippen LogP contribution in [0.4, 0.5) is 5.82 Å². The van der Waals surface area contributed by atoms with Crippen LogP contribution in [0.25, 0.3) is 5.82 Å². The highest BCUT2D eigenvalue weighted by Gasteiger charge is 2.08. The highest BCUT2D eigenvalue weighted by Crippen LogP contribution is 2.12. The number of hydrogen-bond acceptors (Lipinski definition) is 4. The minimum absolute atomic E-state index is 0.0556. The summed E-state index contributed by atoms with van der Waals surface area (Å²) < 4.78 is 1.93. The van der Waals surface area contributed by atoms with Gasteiger partial charge in [-0.15, -0.1) is 0 Å². The summed E-state index contributed by atoms with van der Waals surface area (Å²) in [4.78, 5) is 21.2. The molecule has 0 aliphatic carbocycles. The van der Waals surface area contributed by atoms with Gasteiger partial charge in [0.1, 0.15) is 17.5 Å². The summed E-state index contributed by atoms with van der Waals surface area (Å²) in [5.74, 6) is 2.18. The molecule has 2 aromatic heterocycles. The quantitative estimate of drug-likeness (QED) is 0.671. The number of benzene rings is 1. The van der Waals surface area contributed by atoms with Gasteiger partial charge in [-0.3, -0.25) is 4.79 Å². The first-order valence-corrected chi connectivity index (χ1v) is 8.61. The lowest BCUT2D eigenvalue weighted by Gasteiger charge is -2.11. The highest BCUT2D eigenvalue weighted by molar-refractivity contribution is 5.95. The van der Waals surface area contributed by atoms with Crippen LogP contribution >= 0.6 is 0 Å². The number of rotatable bonds is 6. The maximum atomic E-state index is 12.3. The van der Waals surface area contributed by atoms with E-state index in [1.807, 2.05) is 74.1 Å². The molecule has 134 valence electrons. The number of hydrogen-bond donors (Lipinski definition) is 2. The van der Waals surface area contributed by atoms with Crippen molar-refractivity contribution in [1.82, 2.24) is 19.9 Å². The summed E-state index contributed by atoms with van der Waals surface area (Å²) in [5.41, 5.74) is 2.77. The Morgan fingerprint density at radius 1 is 1.04 bits per heavy atom. The molecule has 0 saturated carbocycles. The van der Waals surface area contributed by atoms with Crippen LogP contribution in [0.3, 0.4) is 0 Å². The molecule has 3 rings (SSSR count). The van der Waals surface area contributed by atoms with Crippen molar-refractivity contribution in [3.8, 4) is 5.82 Å². The number of aryl methyl sites for hydroxylation is 3. The SMILES string of the molecule is Cc1ccc(C)c(C(=O)NCCNc2cc(-n3cccc3)nc(C)n2)c1. The second kappa shape index (κ2) is 7.82. The standard InChI is InChI=1S/C20H23N5O/c1-14-6-7-15(2)17(12-14)20(26)22-9-8-21-18-13-19(24-16(3)23-18)25-10-4-5-11-25/h4-7,10-13H,8-9H2,1-3H3,(H,22,26)(H,21,23,24). The molecule has 0 radical (unpaired) electrons. The van der Waals surface area contributed by atoms with Crippen LogP contribution < -0.4 is 10.6 Å². The lowest BCUT2D eigenvalue weighted by atomic mass is 10.1. The van der Waals surface area contributed by atoms with E-state index in [0.717, 1.165) is 28.3 Å². The minimum Gasteiger partial charge on any atom is -0.368 e. The van der Waals surface area contributed by atoms with Gasteiger partial charge in [-0.05, 0) is 44.5 Å². The first-order chi connectivity index (χ1) is 12.5. The summed E-state index contributed by atoms with van der Waals surface area (Å²) in [7, 11) is 0. The molecule has 3 aromatic rings. The average Bonchev–Trinajstić information content (AvgIpc) is 3.15. The van der Waals surface area contributed by atoms with Gasteiger partial charge in [0, 0.05) is 37.1 Å². The second-order valence-electron chi connectivity index (χ2n) is 6.25. The summed E-state index contributed by atoms with van der Waals surface area (Å²) in [6, 6.07) is 11.7. The number of carbonyl (C=O) groups excluding carboxylic acids is 1. The van der Waals surface area contributed by atoms with E-state index in [-0.39, 0.29) is 5.91 Å². The van der Waals surface area contributed by atoms with E-state index in [0.29, 0.717) is 18.9 Å². The normalized spacial score (nSPS) is 10.6. The van der Waals surface area contributed by atoms with Gasteiger partial charge in [0.2, 0.25) is 0 Å². The van der Waals surface area contributed by atoms with Gasteiger partial charge in [-0.25, -0.2) is 9.97 Å². The number of nitrogens with one attached hydrogen (secondary N) is 2. The zero-order valence-corrected chi connectivity index (χ0v) is 15.3. The van der Waals surface area contributed by atoms with Crippen LogP contribution in [0.2, 0.25) is 0 Å². The van der Waals surface area contributed by atoms with Crippen molar-refractivity contribution in [3.05, 3.63) is 71.3 Å². The summed E-state index contributed by atoms with van der Waals surface area (Å²) in [5, 5.41) is 6.19. The van der Waals surface area contributed by atoms with E-state index >= 15 is 0 Å². The predicted molar refractivity (Wildman–Crippen MR) is 103 cm³/mol. The summed E-state index contributed by atoms with van der Waals surface area (Å²) in [6.45, 7) is 6.88. The van der Waals surface area contributed by atoms with Crippen LogP contribution in [-0.4, -0.2) is 33.5 Å². The van der Waals surface area contributed by atoms with Crippen molar-refractivity contribution in [2.45, 2.75) is 20.8 Å². The predicted octanol–water partition coefficient (Wildman–Crippen LogP) is 3.03. The van der Waals surface area contributed by atoms with Crippen LogP contribution in [0.15, 0.2) is 48.8 Å².